The van der Waals surface area contributed by atoms with Crippen molar-refractivity contribution in [1.29, 1.82) is 0 Å². The van der Waals surface area contributed by atoms with Gasteiger partial charge in [0.05, 0.1) is 11.8 Å². The van der Waals surface area contributed by atoms with E-state index in [0.717, 1.165) is 35.1 Å². The van der Waals surface area contributed by atoms with Gasteiger partial charge in [-0.25, -0.2) is 0 Å². The van der Waals surface area contributed by atoms with Crippen LogP contribution in [0.1, 0.15) is 12.1 Å². The normalized spacial score (nSPS) is 19.5. The van der Waals surface area contributed by atoms with Gasteiger partial charge in [-0.05, 0) is 12.5 Å². The summed E-state index contributed by atoms with van der Waals surface area (Å²) >= 11 is 0. The Morgan fingerprint density at radius 3 is 2.86 bits per heavy atom. The van der Waals surface area contributed by atoms with E-state index in [0.29, 0.717) is 18.5 Å². The van der Waals surface area contributed by atoms with E-state index in [1.807, 2.05) is 31.3 Å². The van der Waals surface area contributed by atoms with Gasteiger partial charge < -0.3 is 10.1 Å². The molecule has 3 heterocycles. The molecule has 0 spiro atoms. The van der Waals surface area contributed by atoms with E-state index in [1.54, 1.807) is 4.68 Å². The van der Waals surface area contributed by atoms with E-state index < -0.39 is 0 Å². The van der Waals surface area contributed by atoms with E-state index in [2.05, 4.69) is 15.0 Å². The van der Waals surface area contributed by atoms with Gasteiger partial charge in [-0.3, -0.25) is 14.4 Å². The average molecular weight is 298 g/mol. The van der Waals surface area contributed by atoms with Crippen LogP contribution in [-0.4, -0.2) is 44.0 Å². The predicted octanol–water partition coefficient (Wildman–Crippen LogP) is 0.981. The van der Waals surface area contributed by atoms with Crippen molar-refractivity contribution in [2.45, 2.75) is 19.1 Å². The van der Waals surface area contributed by atoms with Crippen molar-refractivity contribution in [3.63, 3.8) is 0 Å². The Bertz CT molecular complexity index is 912. The summed E-state index contributed by atoms with van der Waals surface area (Å²) in [5.74, 6) is 0. The highest BCUT2D eigenvalue weighted by Crippen LogP contribution is 2.26. The highest BCUT2D eigenvalue weighted by molar-refractivity contribution is 6.05. The Morgan fingerprint density at radius 2 is 2.14 bits per heavy atom. The van der Waals surface area contributed by atoms with Gasteiger partial charge >= 0.3 is 0 Å². The zero-order valence-corrected chi connectivity index (χ0v) is 12.4. The first-order chi connectivity index (χ1) is 10.6. The molecule has 4 rings (SSSR count). The number of rotatable bonds is 2. The summed E-state index contributed by atoms with van der Waals surface area (Å²) in [6.45, 7) is 2.24. The fourth-order valence-corrected chi connectivity index (χ4v) is 3.36. The number of aromatic amines is 1. The minimum Gasteiger partial charge on any atom is -0.392 e. The number of β-amino-alcohol motifs (C(OH)–C–C–N with tert-alkyl or cyclic N) is 1. The molecule has 0 bridgehead atoms. The Balaban J connectivity index is 1.92. The van der Waals surface area contributed by atoms with Gasteiger partial charge in [0.1, 0.15) is 5.65 Å². The van der Waals surface area contributed by atoms with E-state index >= 15 is 0 Å². The summed E-state index contributed by atoms with van der Waals surface area (Å²) in [5, 5.41) is 16.9. The molecule has 1 aromatic carbocycles. The lowest BCUT2D eigenvalue weighted by atomic mass is 10.1. The maximum atomic E-state index is 12.2. The molecule has 114 valence electrons. The SMILES string of the molecule is Cn1nc(CN2CC[C@@H](O)C2)c2c3ccccc3c(=O)[nH]c21. The van der Waals surface area contributed by atoms with Crippen molar-refractivity contribution in [3.8, 4) is 0 Å². The highest BCUT2D eigenvalue weighted by Gasteiger charge is 2.23. The second-order valence-electron chi connectivity index (χ2n) is 5.97. The monoisotopic (exact) mass is 298 g/mol. The largest absolute Gasteiger partial charge is 0.392 e. The van der Waals surface area contributed by atoms with Gasteiger partial charge in [0.15, 0.2) is 0 Å². The van der Waals surface area contributed by atoms with E-state index in [9.17, 15) is 9.90 Å². The second kappa shape index (κ2) is 4.93. The number of hydrogen-bond donors (Lipinski definition) is 2. The number of pyridine rings is 1. The molecule has 0 amide bonds. The number of likely N-dealkylation sites (tertiary alicyclic amines) is 1. The lowest BCUT2D eigenvalue weighted by molar-refractivity contribution is 0.174. The number of benzene rings is 1. The van der Waals surface area contributed by atoms with Crippen LogP contribution < -0.4 is 5.56 Å². The number of aryl methyl sites for hydroxylation is 1. The van der Waals surface area contributed by atoms with Crippen LogP contribution in [0.3, 0.4) is 0 Å². The molecule has 1 aliphatic rings. The quantitative estimate of drug-likeness (QED) is 0.739. The Labute approximate surface area is 127 Å². The van der Waals surface area contributed by atoms with Crippen molar-refractivity contribution in [1.82, 2.24) is 19.7 Å². The fraction of sp³-hybridized carbons (Fsp3) is 0.375. The van der Waals surface area contributed by atoms with Gasteiger partial charge in [-0.2, -0.15) is 5.10 Å². The van der Waals surface area contributed by atoms with Gasteiger partial charge in [0.2, 0.25) is 0 Å². The molecule has 6 heteroatoms. The standard InChI is InChI=1S/C16H18N4O2/c1-19-15-14(11-4-2-3-5-12(11)16(22)17-15)13(18-19)9-20-7-6-10(21)8-20/h2-5,10,21H,6-9H2,1H3,(H,17,22)/t10-/m1/s1. The number of aromatic nitrogens is 3. The number of aliphatic hydroxyl groups excluding tert-OH is 1. The van der Waals surface area contributed by atoms with E-state index in [-0.39, 0.29) is 11.7 Å². The number of nitrogens with zero attached hydrogens (tertiary/aromatic N) is 3. The summed E-state index contributed by atoms with van der Waals surface area (Å²) in [7, 11) is 1.84. The van der Waals surface area contributed by atoms with Crippen LogP contribution in [-0.2, 0) is 13.6 Å². The summed E-state index contributed by atoms with van der Waals surface area (Å²) in [4.78, 5) is 17.3. The molecule has 22 heavy (non-hydrogen) atoms. The molecule has 2 aromatic heterocycles. The van der Waals surface area contributed by atoms with Crippen LogP contribution in [0.4, 0.5) is 0 Å². The van der Waals surface area contributed by atoms with Crippen LogP contribution >= 0.6 is 0 Å². The van der Waals surface area contributed by atoms with Crippen molar-refractivity contribution in [2.75, 3.05) is 13.1 Å². The maximum absolute atomic E-state index is 12.2. The lowest BCUT2D eigenvalue weighted by Gasteiger charge is -2.13. The number of H-pyrrole nitrogens is 1. The van der Waals surface area contributed by atoms with Crippen molar-refractivity contribution < 1.29 is 5.11 Å². The number of nitrogens with one attached hydrogen (secondary N) is 1. The Kier molecular flexibility index (Phi) is 3.02. The van der Waals surface area contributed by atoms with Crippen LogP contribution in [0.5, 0.6) is 0 Å². The minimum atomic E-state index is -0.244. The van der Waals surface area contributed by atoms with Crippen LogP contribution in [0.25, 0.3) is 21.8 Å². The summed E-state index contributed by atoms with van der Waals surface area (Å²) in [6, 6.07) is 7.62. The summed E-state index contributed by atoms with van der Waals surface area (Å²) in [6.07, 6.45) is 0.564. The molecule has 0 saturated carbocycles. The van der Waals surface area contributed by atoms with Crippen LogP contribution in [0.2, 0.25) is 0 Å². The molecule has 6 nitrogen and oxygen atoms in total. The molecule has 1 atom stereocenters. The third kappa shape index (κ3) is 2.03. The molecule has 2 N–H and O–H groups in total. The number of hydrogen-bond acceptors (Lipinski definition) is 4. The van der Waals surface area contributed by atoms with Gasteiger partial charge in [-0.1, -0.05) is 18.2 Å². The molecular formula is C16H18N4O2. The van der Waals surface area contributed by atoms with Gasteiger partial charge in [-0.15, -0.1) is 0 Å². The maximum Gasteiger partial charge on any atom is 0.257 e. The molecule has 1 fully saturated rings. The number of fused-ring (bicyclic) bond motifs is 3. The molecule has 3 aromatic rings. The van der Waals surface area contributed by atoms with E-state index in [1.165, 1.54) is 0 Å². The van der Waals surface area contributed by atoms with Crippen molar-refractivity contribution >= 4 is 21.8 Å². The van der Waals surface area contributed by atoms with Crippen LogP contribution in [0, 0.1) is 0 Å². The molecule has 1 aliphatic heterocycles. The Morgan fingerprint density at radius 1 is 1.36 bits per heavy atom. The van der Waals surface area contributed by atoms with Crippen molar-refractivity contribution in [3.05, 3.63) is 40.3 Å². The first-order valence-corrected chi connectivity index (χ1v) is 7.50. The smallest absolute Gasteiger partial charge is 0.257 e. The topological polar surface area (TPSA) is 74.2 Å². The third-order valence-corrected chi connectivity index (χ3v) is 4.41. The highest BCUT2D eigenvalue weighted by atomic mass is 16.3. The predicted molar refractivity (Wildman–Crippen MR) is 84.7 cm³/mol. The van der Waals surface area contributed by atoms with Gasteiger partial charge in [0.25, 0.3) is 5.56 Å². The molecule has 0 radical (unpaired) electrons. The average Bonchev–Trinajstić information content (AvgIpc) is 3.04. The van der Waals surface area contributed by atoms with Crippen molar-refractivity contribution in [2.24, 2.45) is 7.05 Å². The summed E-state index contributed by atoms with van der Waals surface area (Å²) in [5.41, 5.74) is 1.60. The molecule has 1 saturated heterocycles. The number of aliphatic hydroxyl groups is 1. The third-order valence-electron chi connectivity index (χ3n) is 4.41. The summed E-state index contributed by atoms with van der Waals surface area (Å²) < 4.78 is 1.73. The molecular weight excluding hydrogens is 280 g/mol. The molecule has 0 unspecified atom stereocenters. The zero-order valence-electron chi connectivity index (χ0n) is 12.4. The van der Waals surface area contributed by atoms with Crippen LogP contribution in [0.15, 0.2) is 29.1 Å². The Hall–Kier alpha value is -2.18. The fourth-order valence-electron chi connectivity index (χ4n) is 3.36. The first-order valence-electron chi connectivity index (χ1n) is 7.50. The van der Waals surface area contributed by atoms with Gasteiger partial charge in [0, 0.05) is 42.8 Å². The minimum absolute atomic E-state index is 0.0887. The second-order valence-corrected chi connectivity index (χ2v) is 5.97. The van der Waals surface area contributed by atoms with E-state index in [4.69, 9.17) is 0 Å². The first kappa shape index (κ1) is 13.5. The zero-order chi connectivity index (χ0) is 15.3. The lowest BCUT2D eigenvalue weighted by Crippen LogP contribution is -2.22. The molecule has 0 aliphatic carbocycles.